The molecular weight excluding hydrogens is 212 g/mol. The van der Waals surface area contributed by atoms with Crippen LogP contribution in [0.3, 0.4) is 0 Å². The second-order valence-electron chi connectivity index (χ2n) is 4.78. The Bertz CT molecular complexity index is 345. The van der Waals surface area contributed by atoms with E-state index < -0.39 is 0 Å². The van der Waals surface area contributed by atoms with E-state index in [4.69, 9.17) is 5.84 Å². The first-order valence-corrected chi connectivity index (χ1v) is 6.48. The minimum atomic E-state index is 0.623. The first-order valence-electron chi connectivity index (χ1n) is 6.48. The zero-order chi connectivity index (χ0) is 12.1. The first kappa shape index (κ1) is 12.2. The van der Waals surface area contributed by atoms with Crippen LogP contribution >= 0.6 is 0 Å². The molecule has 3 N–H and O–H groups in total. The van der Waals surface area contributed by atoms with Crippen molar-refractivity contribution in [1.82, 2.24) is 4.98 Å². The molecule has 0 aromatic carbocycles. The summed E-state index contributed by atoms with van der Waals surface area (Å²) >= 11 is 0. The molecule has 1 fully saturated rings. The van der Waals surface area contributed by atoms with E-state index in [1.807, 2.05) is 18.2 Å². The summed E-state index contributed by atoms with van der Waals surface area (Å²) in [6, 6.07) is 6.54. The van der Waals surface area contributed by atoms with Crippen LogP contribution in [-0.2, 0) is 0 Å². The molecule has 1 aliphatic carbocycles. The molecule has 0 amide bonds. The van der Waals surface area contributed by atoms with Crippen LogP contribution < -0.4 is 16.2 Å². The number of nitrogen functional groups attached to an aromatic ring is 1. The topological polar surface area (TPSA) is 54.2 Å². The van der Waals surface area contributed by atoms with Gasteiger partial charge in [0.2, 0.25) is 0 Å². The van der Waals surface area contributed by atoms with Crippen molar-refractivity contribution in [2.45, 2.75) is 44.6 Å². The summed E-state index contributed by atoms with van der Waals surface area (Å²) in [5.41, 5.74) is 2.60. The normalized spacial score (nSPS) is 17.5. The third-order valence-corrected chi connectivity index (χ3v) is 3.62. The number of hydrogen-bond acceptors (Lipinski definition) is 4. The number of hydrogen-bond donors (Lipinski definition) is 2. The van der Waals surface area contributed by atoms with Crippen molar-refractivity contribution in [2.24, 2.45) is 5.84 Å². The number of nitrogens with zero attached hydrogens (tertiary/aromatic N) is 2. The van der Waals surface area contributed by atoms with Gasteiger partial charge in [-0.15, -0.1) is 0 Å². The zero-order valence-corrected chi connectivity index (χ0v) is 10.5. The van der Waals surface area contributed by atoms with Gasteiger partial charge in [0, 0.05) is 13.1 Å². The van der Waals surface area contributed by atoms with Gasteiger partial charge >= 0.3 is 0 Å². The van der Waals surface area contributed by atoms with Gasteiger partial charge in [-0.1, -0.05) is 31.7 Å². The highest BCUT2D eigenvalue weighted by molar-refractivity contribution is 5.46. The smallest absolute Gasteiger partial charge is 0.142 e. The summed E-state index contributed by atoms with van der Waals surface area (Å²) in [7, 11) is 2.14. The van der Waals surface area contributed by atoms with Gasteiger partial charge in [0.1, 0.15) is 11.6 Å². The molecule has 4 heteroatoms. The SMILES string of the molecule is CN(c1cccc(NN)n1)C1CCCCCC1. The van der Waals surface area contributed by atoms with E-state index in [0.717, 1.165) is 11.6 Å². The molecule has 2 rings (SSSR count). The third-order valence-electron chi connectivity index (χ3n) is 3.62. The molecule has 4 nitrogen and oxygen atoms in total. The number of anilines is 2. The van der Waals surface area contributed by atoms with Gasteiger partial charge in [-0.3, -0.25) is 0 Å². The largest absolute Gasteiger partial charge is 0.357 e. The van der Waals surface area contributed by atoms with Crippen molar-refractivity contribution >= 4 is 11.6 Å². The molecule has 1 aliphatic rings. The number of nitrogens with one attached hydrogen (secondary N) is 1. The fourth-order valence-corrected chi connectivity index (χ4v) is 2.53. The monoisotopic (exact) mass is 234 g/mol. The summed E-state index contributed by atoms with van der Waals surface area (Å²) < 4.78 is 0. The van der Waals surface area contributed by atoms with Crippen molar-refractivity contribution in [1.29, 1.82) is 0 Å². The fourth-order valence-electron chi connectivity index (χ4n) is 2.53. The molecule has 94 valence electrons. The fraction of sp³-hybridized carbons (Fsp3) is 0.615. The summed E-state index contributed by atoms with van der Waals surface area (Å²) in [6.45, 7) is 0. The van der Waals surface area contributed by atoms with Gasteiger partial charge in [0.25, 0.3) is 0 Å². The molecule has 0 saturated heterocycles. The van der Waals surface area contributed by atoms with Crippen molar-refractivity contribution < 1.29 is 0 Å². The Hall–Kier alpha value is -1.29. The summed E-state index contributed by atoms with van der Waals surface area (Å²) in [6.07, 6.45) is 7.98. The number of pyridine rings is 1. The van der Waals surface area contributed by atoms with E-state index in [-0.39, 0.29) is 0 Å². The van der Waals surface area contributed by atoms with Crippen LogP contribution in [0.1, 0.15) is 38.5 Å². The summed E-state index contributed by atoms with van der Waals surface area (Å²) in [5, 5.41) is 0. The highest BCUT2D eigenvalue weighted by Crippen LogP contribution is 2.24. The maximum Gasteiger partial charge on any atom is 0.142 e. The van der Waals surface area contributed by atoms with Crippen LogP contribution in [0.4, 0.5) is 11.6 Å². The molecule has 17 heavy (non-hydrogen) atoms. The molecule has 0 radical (unpaired) electrons. The molecule has 1 aromatic rings. The van der Waals surface area contributed by atoms with Crippen molar-refractivity contribution in [2.75, 3.05) is 17.4 Å². The van der Waals surface area contributed by atoms with Gasteiger partial charge < -0.3 is 10.3 Å². The van der Waals surface area contributed by atoms with Crippen LogP contribution in [-0.4, -0.2) is 18.1 Å². The maximum atomic E-state index is 5.39. The lowest BCUT2D eigenvalue weighted by atomic mass is 10.1. The maximum absolute atomic E-state index is 5.39. The quantitative estimate of drug-likeness (QED) is 0.479. The Kier molecular flexibility index (Phi) is 4.20. The lowest BCUT2D eigenvalue weighted by molar-refractivity contribution is 0.549. The van der Waals surface area contributed by atoms with E-state index in [1.54, 1.807) is 0 Å². The van der Waals surface area contributed by atoms with Gasteiger partial charge in [-0.25, -0.2) is 10.8 Å². The molecule has 0 atom stereocenters. The van der Waals surface area contributed by atoms with Crippen molar-refractivity contribution in [3.8, 4) is 0 Å². The first-order chi connectivity index (χ1) is 8.31. The molecule has 0 spiro atoms. The molecule has 0 unspecified atom stereocenters. The lowest BCUT2D eigenvalue weighted by Gasteiger charge is -2.28. The number of rotatable bonds is 3. The molecule has 0 bridgehead atoms. The van der Waals surface area contributed by atoms with Gasteiger partial charge in [-0.05, 0) is 25.0 Å². The van der Waals surface area contributed by atoms with Crippen molar-refractivity contribution in [3.05, 3.63) is 18.2 Å². The Morgan fingerprint density at radius 3 is 2.59 bits per heavy atom. The molecule has 1 heterocycles. The van der Waals surface area contributed by atoms with E-state index in [1.165, 1.54) is 38.5 Å². The average molecular weight is 234 g/mol. The highest BCUT2D eigenvalue weighted by Gasteiger charge is 2.18. The predicted molar refractivity (Wildman–Crippen MR) is 71.9 cm³/mol. The van der Waals surface area contributed by atoms with Gasteiger partial charge in [0.05, 0.1) is 0 Å². The molecular formula is C13H22N4. The lowest BCUT2D eigenvalue weighted by Crippen LogP contribution is -2.31. The standard InChI is InChI=1S/C13H22N4/c1-17(11-7-4-2-3-5-8-11)13-10-6-9-12(15-13)16-14/h6,9-11H,2-5,7-8,14H2,1H3,(H,15,16). The Balaban J connectivity index is 2.08. The Labute approximate surface area is 103 Å². The van der Waals surface area contributed by atoms with Crippen LogP contribution in [0.2, 0.25) is 0 Å². The number of nitrogens with two attached hydrogens (primary N) is 1. The minimum absolute atomic E-state index is 0.623. The van der Waals surface area contributed by atoms with Crippen molar-refractivity contribution in [3.63, 3.8) is 0 Å². The molecule has 1 saturated carbocycles. The number of hydrazine groups is 1. The second kappa shape index (κ2) is 5.87. The van der Waals surface area contributed by atoms with Gasteiger partial charge in [0.15, 0.2) is 0 Å². The molecule has 0 aliphatic heterocycles. The Morgan fingerprint density at radius 2 is 1.94 bits per heavy atom. The zero-order valence-electron chi connectivity index (χ0n) is 10.5. The predicted octanol–water partition coefficient (Wildman–Crippen LogP) is 2.53. The summed E-state index contributed by atoms with van der Waals surface area (Å²) in [5.74, 6) is 7.12. The second-order valence-corrected chi connectivity index (χ2v) is 4.78. The highest BCUT2D eigenvalue weighted by atomic mass is 15.3. The third kappa shape index (κ3) is 3.09. The summed E-state index contributed by atoms with van der Waals surface area (Å²) in [4.78, 5) is 6.78. The average Bonchev–Trinajstić information content (AvgIpc) is 2.67. The van der Waals surface area contributed by atoms with E-state index in [2.05, 4.69) is 22.4 Å². The Morgan fingerprint density at radius 1 is 1.24 bits per heavy atom. The molecule has 1 aromatic heterocycles. The van der Waals surface area contributed by atoms with Gasteiger partial charge in [-0.2, -0.15) is 0 Å². The number of aromatic nitrogens is 1. The van der Waals surface area contributed by atoms with E-state index in [0.29, 0.717) is 6.04 Å². The van der Waals surface area contributed by atoms with Crippen LogP contribution in [0.25, 0.3) is 0 Å². The van der Waals surface area contributed by atoms with Crippen LogP contribution in [0, 0.1) is 0 Å². The van der Waals surface area contributed by atoms with E-state index in [9.17, 15) is 0 Å². The van der Waals surface area contributed by atoms with Crippen LogP contribution in [0.15, 0.2) is 18.2 Å². The van der Waals surface area contributed by atoms with Crippen LogP contribution in [0.5, 0.6) is 0 Å². The van der Waals surface area contributed by atoms with E-state index >= 15 is 0 Å². The minimum Gasteiger partial charge on any atom is -0.357 e.